The minimum absolute atomic E-state index is 0.297. The second-order valence-corrected chi connectivity index (χ2v) is 4.63. The number of nitrogens with one attached hydrogen (secondary N) is 1. The maximum absolute atomic E-state index is 13.1. The lowest BCUT2D eigenvalue weighted by Gasteiger charge is -2.12. The summed E-state index contributed by atoms with van der Waals surface area (Å²) >= 11 is 0. The zero-order chi connectivity index (χ0) is 12.6. The number of H-pyrrole nitrogens is 1. The van der Waals surface area contributed by atoms with Gasteiger partial charge in [-0.15, -0.1) is 0 Å². The van der Waals surface area contributed by atoms with Gasteiger partial charge in [-0.2, -0.15) is 0 Å². The van der Waals surface area contributed by atoms with Gasteiger partial charge in [0.25, 0.3) is 0 Å². The van der Waals surface area contributed by atoms with Crippen molar-refractivity contribution in [2.45, 2.75) is 26.4 Å². The number of hydrogen-bond acceptors (Lipinski definition) is 2. The average molecular weight is 234 g/mol. The van der Waals surface area contributed by atoms with Crippen LogP contribution in [0.2, 0.25) is 0 Å². The summed E-state index contributed by atoms with van der Waals surface area (Å²) in [7, 11) is 0. The largest absolute Gasteiger partial charge is 0.383 e. The fourth-order valence-electron chi connectivity index (χ4n) is 1.67. The van der Waals surface area contributed by atoms with Gasteiger partial charge in [0.05, 0.1) is 5.69 Å². The fourth-order valence-corrected chi connectivity index (χ4v) is 1.67. The van der Waals surface area contributed by atoms with Crippen molar-refractivity contribution in [3.05, 3.63) is 41.6 Å². The van der Waals surface area contributed by atoms with E-state index >= 15 is 0 Å². The molecule has 0 aliphatic rings. The Morgan fingerprint density at radius 2 is 2.06 bits per heavy atom. The molecule has 2 rings (SSSR count). The lowest BCUT2D eigenvalue weighted by atomic mass is 10.1. The molecule has 0 radical (unpaired) electrons. The molecule has 4 heteroatoms. The van der Waals surface area contributed by atoms with E-state index in [9.17, 15) is 9.50 Å². The molecule has 1 aromatic carbocycles. The van der Waals surface area contributed by atoms with Gasteiger partial charge in [-0.3, -0.25) is 0 Å². The SMILES string of the molecule is Cc1[nH]c(C(C)(C)O)nc1-c1cccc(F)c1. The second-order valence-electron chi connectivity index (χ2n) is 4.63. The first-order valence-corrected chi connectivity index (χ1v) is 5.43. The number of benzene rings is 1. The van der Waals surface area contributed by atoms with Crippen LogP contribution in [0.4, 0.5) is 4.39 Å². The van der Waals surface area contributed by atoms with Crippen molar-refractivity contribution in [2.24, 2.45) is 0 Å². The van der Waals surface area contributed by atoms with E-state index < -0.39 is 5.60 Å². The number of nitrogens with zero attached hydrogens (tertiary/aromatic N) is 1. The van der Waals surface area contributed by atoms with Crippen LogP contribution in [0.15, 0.2) is 24.3 Å². The minimum Gasteiger partial charge on any atom is -0.383 e. The van der Waals surface area contributed by atoms with E-state index in [1.54, 1.807) is 26.0 Å². The molecule has 0 bridgehead atoms. The lowest BCUT2D eigenvalue weighted by Crippen LogP contribution is -2.17. The van der Waals surface area contributed by atoms with Crippen LogP contribution in [0.1, 0.15) is 25.4 Å². The summed E-state index contributed by atoms with van der Waals surface area (Å²) in [5.41, 5.74) is 1.15. The molecular weight excluding hydrogens is 219 g/mol. The standard InChI is InChI=1S/C13H15FN2O/c1-8-11(9-5-4-6-10(14)7-9)16-12(15-8)13(2,3)17/h4-7,17H,1-3H3,(H,15,16). The van der Waals surface area contributed by atoms with E-state index in [4.69, 9.17) is 0 Å². The highest BCUT2D eigenvalue weighted by Crippen LogP contribution is 2.25. The number of imidazole rings is 1. The Kier molecular flexibility index (Phi) is 2.75. The van der Waals surface area contributed by atoms with Crippen molar-refractivity contribution in [3.63, 3.8) is 0 Å². The first-order valence-electron chi connectivity index (χ1n) is 5.43. The second kappa shape index (κ2) is 3.96. The van der Waals surface area contributed by atoms with E-state index in [1.165, 1.54) is 12.1 Å². The third-order valence-electron chi connectivity index (χ3n) is 2.56. The van der Waals surface area contributed by atoms with Gasteiger partial charge >= 0.3 is 0 Å². The lowest BCUT2D eigenvalue weighted by molar-refractivity contribution is 0.0696. The first-order chi connectivity index (χ1) is 7.88. The van der Waals surface area contributed by atoms with Gasteiger partial charge in [0.2, 0.25) is 0 Å². The van der Waals surface area contributed by atoms with Crippen LogP contribution in [-0.4, -0.2) is 15.1 Å². The van der Waals surface area contributed by atoms with Gasteiger partial charge in [-0.1, -0.05) is 12.1 Å². The summed E-state index contributed by atoms with van der Waals surface area (Å²) < 4.78 is 13.1. The highest BCUT2D eigenvalue weighted by atomic mass is 19.1. The average Bonchev–Trinajstić information content (AvgIpc) is 2.60. The summed E-state index contributed by atoms with van der Waals surface area (Å²) in [6, 6.07) is 6.25. The van der Waals surface area contributed by atoms with Gasteiger partial charge in [0.15, 0.2) is 0 Å². The summed E-state index contributed by atoms with van der Waals surface area (Å²) in [4.78, 5) is 7.34. The Hall–Kier alpha value is -1.68. The van der Waals surface area contributed by atoms with Crippen molar-refractivity contribution >= 4 is 0 Å². The zero-order valence-electron chi connectivity index (χ0n) is 10.1. The maximum Gasteiger partial charge on any atom is 0.138 e. The Morgan fingerprint density at radius 3 is 2.59 bits per heavy atom. The van der Waals surface area contributed by atoms with E-state index in [0.717, 1.165) is 5.69 Å². The molecule has 90 valence electrons. The number of halogens is 1. The number of hydrogen-bond donors (Lipinski definition) is 2. The molecule has 0 atom stereocenters. The highest BCUT2D eigenvalue weighted by molar-refractivity contribution is 5.62. The molecule has 0 fully saturated rings. The van der Waals surface area contributed by atoms with Crippen molar-refractivity contribution in [2.75, 3.05) is 0 Å². The summed E-state index contributed by atoms with van der Waals surface area (Å²) in [6.07, 6.45) is 0. The van der Waals surface area contributed by atoms with Gasteiger partial charge in [-0.25, -0.2) is 9.37 Å². The molecule has 2 aromatic rings. The van der Waals surface area contributed by atoms with Gasteiger partial charge in [-0.05, 0) is 32.9 Å². The third kappa shape index (κ3) is 2.36. The quantitative estimate of drug-likeness (QED) is 0.839. The Balaban J connectivity index is 2.50. The molecule has 0 spiro atoms. The summed E-state index contributed by atoms with van der Waals surface area (Å²) in [5, 5.41) is 9.86. The molecular formula is C13H15FN2O. The van der Waals surface area contributed by atoms with Crippen molar-refractivity contribution in [1.82, 2.24) is 9.97 Å². The van der Waals surface area contributed by atoms with Crippen LogP contribution < -0.4 is 0 Å². The first kappa shape index (κ1) is 11.8. The molecule has 1 heterocycles. The summed E-state index contributed by atoms with van der Waals surface area (Å²) in [6.45, 7) is 5.16. The van der Waals surface area contributed by atoms with E-state index in [0.29, 0.717) is 17.1 Å². The number of aromatic amines is 1. The molecule has 17 heavy (non-hydrogen) atoms. The Labute approximate surface area is 99.3 Å². The topological polar surface area (TPSA) is 48.9 Å². The maximum atomic E-state index is 13.1. The predicted molar refractivity (Wildman–Crippen MR) is 64.0 cm³/mol. The monoisotopic (exact) mass is 234 g/mol. The smallest absolute Gasteiger partial charge is 0.138 e. The fraction of sp³-hybridized carbons (Fsp3) is 0.308. The van der Waals surface area contributed by atoms with Crippen LogP contribution in [0.3, 0.4) is 0 Å². The van der Waals surface area contributed by atoms with Crippen LogP contribution in [0, 0.1) is 12.7 Å². The zero-order valence-corrected chi connectivity index (χ0v) is 10.1. The minimum atomic E-state index is -1.03. The van der Waals surface area contributed by atoms with Crippen molar-refractivity contribution in [1.29, 1.82) is 0 Å². The normalized spacial score (nSPS) is 11.8. The van der Waals surface area contributed by atoms with Gasteiger partial charge in [0.1, 0.15) is 17.2 Å². The predicted octanol–water partition coefficient (Wildman–Crippen LogP) is 2.75. The Bertz CT molecular complexity index is 541. The number of aliphatic hydroxyl groups is 1. The number of rotatable bonds is 2. The number of aromatic nitrogens is 2. The molecule has 0 saturated heterocycles. The van der Waals surface area contributed by atoms with E-state index in [-0.39, 0.29) is 5.82 Å². The van der Waals surface area contributed by atoms with Gasteiger partial charge in [0, 0.05) is 11.3 Å². The molecule has 0 aliphatic carbocycles. The molecule has 0 unspecified atom stereocenters. The number of aryl methyl sites for hydroxylation is 1. The third-order valence-corrected chi connectivity index (χ3v) is 2.56. The Morgan fingerprint density at radius 1 is 1.35 bits per heavy atom. The van der Waals surface area contributed by atoms with Crippen molar-refractivity contribution < 1.29 is 9.50 Å². The van der Waals surface area contributed by atoms with E-state index in [1.807, 2.05) is 6.92 Å². The van der Waals surface area contributed by atoms with Crippen LogP contribution in [-0.2, 0) is 5.60 Å². The summed E-state index contributed by atoms with van der Waals surface area (Å²) in [5.74, 6) is 0.184. The molecule has 0 aliphatic heterocycles. The van der Waals surface area contributed by atoms with Crippen molar-refractivity contribution in [3.8, 4) is 11.3 Å². The molecule has 1 aromatic heterocycles. The van der Waals surface area contributed by atoms with Crippen LogP contribution >= 0.6 is 0 Å². The molecule has 3 nitrogen and oxygen atoms in total. The van der Waals surface area contributed by atoms with E-state index in [2.05, 4.69) is 9.97 Å². The molecule has 0 saturated carbocycles. The highest BCUT2D eigenvalue weighted by Gasteiger charge is 2.22. The molecule has 0 amide bonds. The van der Waals surface area contributed by atoms with Crippen LogP contribution in [0.5, 0.6) is 0 Å². The molecule has 2 N–H and O–H groups in total. The van der Waals surface area contributed by atoms with Crippen LogP contribution in [0.25, 0.3) is 11.3 Å². The van der Waals surface area contributed by atoms with Gasteiger partial charge < -0.3 is 10.1 Å².